The van der Waals surface area contributed by atoms with E-state index in [-0.39, 0.29) is 6.10 Å². The number of aromatic nitrogens is 1. The molecular formula is C21H27N3O. The number of hydrogen-bond acceptors (Lipinski definition) is 4. The highest BCUT2D eigenvalue weighted by Crippen LogP contribution is 2.32. The van der Waals surface area contributed by atoms with Crippen molar-refractivity contribution >= 4 is 5.82 Å². The van der Waals surface area contributed by atoms with Gasteiger partial charge in [-0.05, 0) is 49.4 Å². The van der Waals surface area contributed by atoms with Gasteiger partial charge in [-0.1, -0.05) is 29.8 Å². The standard InChI is InChI=1S/C21H27N3O/c1-15-3-5-18-6-7-20(19(18)11-15)22-12-17-4-8-21(23-13-17)24-9-10-25-16(2)14-24/h3-5,8,11,13,16,20,22H,6-7,9-10,12,14H2,1-2H3/t16-,20-/m0/s1. The number of rotatable bonds is 4. The van der Waals surface area contributed by atoms with Gasteiger partial charge in [-0.15, -0.1) is 0 Å². The zero-order chi connectivity index (χ0) is 17.2. The Labute approximate surface area is 150 Å². The van der Waals surface area contributed by atoms with Gasteiger partial charge >= 0.3 is 0 Å². The fraction of sp³-hybridized carbons (Fsp3) is 0.476. The molecule has 4 rings (SSSR count). The van der Waals surface area contributed by atoms with Crippen molar-refractivity contribution in [2.24, 2.45) is 0 Å². The predicted molar refractivity (Wildman–Crippen MR) is 101 cm³/mol. The van der Waals surface area contributed by atoms with Crippen LogP contribution in [0.2, 0.25) is 0 Å². The third kappa shape index (κ3) is 3.70. The second kappa shape index (κ2) is 7.14. The first-order valence-corrected chi connectivity index (χ1v) is 9.33. The first-order valence-electron chi connectivity index (χ1n) is 9.33. The number of nitrogens with zero attached hydrogens (tertiary/aromatic N) is 2. The van der Waals surface area contributed by atoms with Gasteiger partial charge in [0.2, 0.25) is 0 Å². The molecule has 2 aromatic rings. The van der Waals surface area contributed by atoms with E-state index in [0.29, 0.717) is 6.04 Å². The molecule has 1 aliphatic heterocycles. The SMILES string of the molecule is Cc1ccc2c(c1)[C@@H](NCc1ccc(N3CCO[C@@H](C)C3)nc1)CC2. The fourth-order valence-corrected chi connectivity index (χ4v) is 3.91. The summed E-state index contributed by atoms with van der Waals surface area (Å²) in [6.45, 7) is 7.78. The molecule has 0 amide bonds. The van der Waals surface area contributed by atoms with Crippen LogP contribution in [-0.4, -0.2) is 30.8 Å². The molecule has 1 aromatic carbocycles. The molecule has 1 aromatic heterocycles. The van der Waals surface area contributed by atoms with Gasteiger partial charge in [-0.3, -0.25) is 0 Å². The van der Waals surface area contributed by atoms with Crippen LogP contribution in [0, 0.1) is 6.92 Å². The molecule has 132 valence electrons. The lowest BCUT2D eigenvalue weighted by molar-refractivity contribution is 0.0529. The maximum Gasteiger partial charge on any atom is 0.128 e. The summed E-state index contributed by atoms with van der Waals surface area (Å²) < 4.78 is 5.61. The third-order valence-electron chi connectivity index (χ3n) is 5.31. The Bertz CT molecular complexity index is 728. The van der Waals surface area contributed by atoms with Gasteiger partial charge in [0.25, 0.3) is 0 Å². The Hall–Kier alpha value is -1.91. The minimum Gasteiger partial charge on any atom is -0.375 e. The van der Waals surface area contributed by atoms with E-state index in [1.54, 1.807) is 0 Å². The van der Waals surface area contributed by atoms with E-state index in [1.807, 2.05) is 6.20 Å². The number of pyridine rings is 1. The zero-order valence-corrected chi connectivity index (χ0v) is 15.2. The van der Waals surface area contributed by atoms with Crippen LogP contribution < -0.4 is 10.2 Å². The first-order chi connectivity index (χ1) is 12.2. The van der Waals surface area contributed by atoms with Crippen LogP contribution in [-0.2, 0) is 17.7 Å². The van der Waals surface area contributed by atoms with Crippen LogP contribution in [0.25, 0.3) is 0 Å². The van der Waals surface area contributed by atoms with Gasteiger partial charge < -0.3 is 15.0 Å². The molecule has 1 fully saturated rings. The first kappa shape index (κ1) is 16.6. The van der Waals surface area contributed by atoms with Crippen LogP contribution in [0.1, 0.15) is 41.6 Å². The number of ether oxygens (including phenoxy) is 1. The van der Waals surface area contributed by atoms with E-state index in [9.17, 15) is 0 Å². The molecular weight excluding hydrogens is 310 g/mol. The summed E-state index contributed by atoms with van der Waals surface area (Å²) in [5.74, 6) is 1.06. The van der Waals surface area contributed by atoms with Gasteiger partial charge in [0.05, 0.1) is 12.7 Å². The second-order valence-corrected chi connectivity index (χ2v) is 7.33. The zero-order valence-electron chi connectivity index (χ0n) is 15.2. The number of hydrogen-bond donors (Lipinski definition) is 1. The van der Waals surface area contributed by atoms with Crippen LogP contribution in [0.3, 0.4) is 0 Å². The number of fused-ring (bicyclic) bond motifs is 1. The van der Waals surface area contributed by atoms with Crippen molar-refractivity contribution < 1.29 is 4.74 Å². The number of nitrogens with one attached hydrogen (secondary N) is 1. The van der Waals surface area contributed by atoms with Crippen molar-refractivity contribution in [2.75, 3.05) is 24.6 Å². The molecule has 4 heteroatoms. The van der Waals surface area contributed by atoms with Gasteiger partial charge in [0.1, 0.15) is 5.82 Å². The Morgan fingerprint density at radius 3 is 3.00 bits per heavy atom. The van der Waals surface area contributed by atoms with E-state index >= 15 is 0 Å². The van der Waals surface area contributed by atoms with Gasteiger partial charge in [-0.2, -0.15) is 0 Å². The molecule has 0 saturated carbocycles. The summed E-state index contributed by atoms with van der Waals surface area (Å²) in [4.78, 5) is 6.98. The Morgan fingerprint density at radius 1 is 1.28 bits per heavy atom. The topological polar surface area (TPSA) is 37.4 Å². The molecule has 0 bridgehead atoms. The normalized spacial score (nSPS) is 22.9. The molecule has 1 N–H and O–H groups in total. The molecule has 25 heavy (non-hydrogen) atoms. The monoisotopic (exact) mass is 337 g/mol. The van der Waals surface area contributed by atoms with Crippen molar-refractivity contribution in [3.63, 3.8) is 0 Å². The lowest BCUT2D eigenvalue weighted by Crippen LogP contribution is -2.41. The van der Waals surface area contributed by atoms with Crippen molar-refractivity contribution in [3.05, 3.63) is 58.8 Å². The number of aryl methyl sites for hydroxylation is 2. The van der Waals surface area contributed by atoms with Gasteiger partial charge in [0, 0.05) is 31.9 Å². The molecule has 0 spiro atoms. The predicted octanol–water partition coefficient (Wildman–Crippen LogP) is 3.39. The van der Waals surface area contributed by atoms with Crippen LogP contribution in [0.4, 0.5) is 5.82 Å². The summed E-state index contributed by atoms with van der Waals surface area (Å²) in [5.41, 5.74) is 5.56. The summed E-state index contributed by atoms with van der Waals surface area (Å²) in [5, 5.41) is 3.71. The maximum atomic E-state index is 5.61. The largest absolute Gasteiger partial charge is 0.375 e. The number of anilines is 1. The van der Waals surface area contributed by atoms with Crippen LogP contribution in [0.5, 0.6) is 0 Å². The smallest absolute Gasteiger partial charge is 0.128 e. The maximum absolute atomic E-state index is 5.61. The minimum atomic E-state index is 0.280. The van der Waals surface area contributed by atoms with Crippen molar-refractivity contribution in [1.29, 1.82) is 0 Å². The molecule has 2 aliphatic rings. The van der Waals surface area contributed by atoms with Crippen LogP contribution >= 0.6 is 0 Å². The lowest BCUT2D eigenvalue weighted by atomic mass is 10.0. The summed E-state index contributed by atoms with van der Waals surface area (Å²) >= 11 is 0. The molecule has 4 nitrogen and oxygen atoms in total. The molecule has 0 radical (unpaired) electrons. The lowest BCUT2D eigenvalue weighted by Gasteiger charge is -2.32. The van der Waals surface area contributed by atoms with E-state index < -0.39 is 0 Å². The van der Waals surface area contributed by atoms with Gasteiger partial charge in [-0.25, -0.2) is 4.98 Å². The third-order valence-corrected chi connectivity index (χ3v) is 5.31. The van der Waals surface area contributed by atoms with E-state index in [4.69, 9.17) is 4.74 Å². The summed E-state index contributed by atoms with van der Waals surface area (Å²) in [7, 11) is 0. The second-order valence-electron chi connectivity index (χ2n) is 7.33. The Morgan fingerprint density at radius 2 is 2.20 bits per heavy atom. The van der Waals surface area contributed by atoms with E-state index in [0.717, 1.165) is 32.1 Å². The average molecular weight is 337 g/mol. The van der Waals surface area contributed by atoms with E-state index in [2.05, 4.69) is 59.4 Å². The summed E-state index contributed by atoms with van der Waals surface area (Å²) in [6, 6.07) is 11.6. The highest BCUT2D eigenvalue weighted by atomic mass is 16.5. The quantitative estimate of drug-likeness (QED) is 0.928. The highest BCUT2D eigenvalue weighted by Gasteiger charge is 2.22. The molecule has 0 unspecified atom stereocenters. The molecule has 1 aliphatic carbocycles. The molecule has 2 atom stereocenters. The van der Waals surface area contributed by atoms with Gasteiger partial charge in [0.15, 0.2) is 0 Å². The van der Waals surface area contributed by atoms with Crippen molar-refractivity contribution in [2.45, 2.75) is 45.4 Å². The van der Waals surface area contributed by atoms with E-state index in [1.165, 1.54) is 35.1 Å². The Balaban J connectivity index is 1.37. The van der Waals surface area contributed by atoms with Crippen LogP contribution in [0.15, 0.2) is 36.5 Å². The van der Waals surface area contributed by atoms with Crippen molar-refractivity contribution in [1.82, 2.24) is 10.3 Å². The molecule has 2 heterocycles. The fourth-order valence-electron chi connectivity index (χ4n) is 3.91. The number of benzene rings is 1. The Kier molecular flexibility index (Phi) is 4.73. The number of morpholine rings is 1. The highest BCUT2D eigenvalue weighted by molar-refractivity contribution is 5.40. The molecule has 1 saturated heterocycles. The van der Waals surface area contributed by atoms with Crippen molar-refractivity contribution in [3.8, 4) is 0 Å². The minimum absolute atomic E-state index is 0.280. The summed E-state index contributed by atoms with van der Waals surface area (Å²) in [6.07, 6.45) is 4.66. The average Bonchev–Trinajstić information content (AvgIpc) is 3.02.